The Labute approximate surface area is 156 Å². The molecule has 0 aliphatic carbocycles. The van der Waals surface area contributed by atoms with Gasteiger partial charge in [0.2, 0.25) is 0 Å². The first-order valence-corrected chi connectivity index (χ1v) is 8.89. The Kier molecular flexibility index (Phi) is 4.46. The molecule has 1 amide bonds. The van der Waals surface area contributed by atoms with Crippen molar-refractivity contribution in [3.63, 3.8) is 0 Å². The molecule has 3 aromatic rings. The number of carbonyl (C=O) groups excluding carboxylic acids is 1. The third-order valence-electron chi connectivity index (χ3n) is 4.99. The number of nitrogens with zero attached hydrogens (tertiary/aromatic N) is 3. The number of hydrogen-bond acceptors (Lipinski definition) is 4. The lowest BCUT2D eigenvalue weighted by atomic mass is 10.1. The molecule has 1 aliphatic rings. The molecule has 27 heavy (non-hydrogen) atoms. The van der Waals surface area contributed by atoms with Gasteiger partial charge < -0.3 is 9.80 Å². The van der Waals surface area contributed by atoms with Crippen LogP contribution in [0.3, 0.4) is 0 Å². The number of hydrogen-bond donors (Lipinski definition) is 0. The molecule has 0 atom stereocenters. The molecule has 1 aliphatic heterocycles. The van der Waals surface area contributed by atoms with E-state index in [1.165, 1.54) is 12.1 Å². The third kappa shape index (κ3) is 3.46. The standard InChI is InChI=1S/C21H19N3O3/c25-21(18-6-5-16-3-1-2-4-17(16)15-18)23-13-11-22(12-14-23)19-7-9-20(10-8-19)24(26)27/h1-10,15H,11-14H2. The molecule has 136 valence electrons. The first-order valence-electron chi connectivity index (χ1n) is 8.89. The summed E-state index contributed by atoms with van der Waals surface area (Å²) in [5.41, 5.74) is 1.74. The number of non-ortho nitro benzene ring substituents is 1. The Morgan fingerprint density at radius 2 is 1.52 bits per heavy atom. The summed E-state index contributed by atoms with van der Waals surface area (Å²) < 4.78 is 0. The molecule has 0 radical (unpaired) electrons. The number of nitro benzene ring substituents is 1. The Morgan fingerprint density at radius 1 is 0.852 bits per heavy atom. The average molecular weight is 361 g/mol. The molecule has 1 heterocycles. The van der Waals surface area contributed by atoms with Crippen molar-refractivity contribution in [3.8, 4) is 0 Å². The SMILES string of the molecule is O=C(c1ccc2ccccc2c1)N1CCN(c2ccc([N+](=O)[O-])cc2)CC1. The fraction of sp³-hybridized carbons (Fsp3) is 0.190. The van der Waals surface area contributed by atoms with Gasteiger partial charge in [0.1, 0.15) is 0 Å². The number of rotatable bonds is 3. The number of nitro groups is 1. The van der Waals surface area contributed by atoms with Crippen LogP contribution in [0.2, 0.25) is 0 Å². The Morgan fingerprint density at radius 3 is 2.19 bits per heavy atom. The summed E-state index contributed by atoms with van der Waals surface area (Å²) in [7, 11) is 0. The number of piperazine rings is 1. The Hall–Kier alpha value is -3.41. The van der Waals surface area contributed by atoms with E-state index in [1.807, 2.05) is 47.4 Å². The number of fused-ring (bicyclic) bond motifs is 1. The predicted octanol–water partition coefficient (Wildman–Crippen LogP) is 3.71. The van der Waals surface area contributed by atoms with E-state index in [-0.39, 0.29) is 11.6 Å². The molecule has 3 aromatic carbocycles. The van der Waals surface area contributed by atoms with Crippen LogP contribution in [0.4, 0.5) is 11.4 Å². The minimum Gasteiger partial charge on any atom is -0.368 e. The first-order chi connectivity index (χ1) is 13.1. The van der Waals surface area contributed by atoms with E-state index in [0.29, 0.717) is 31.7 Å². The number of benzene rings is 3. The van der Waals surface area contributed by atoms with Crippen LogP contribution in [0, 0.1) is 10.1 Å². The molecule has 4 rings (SSSR count). The highest BCUT2D eigenvalue weighted by atomic mass is 16.6. The van der Waals surface area contributed by atoms with Crippen LogP contribution in [-0.4, -0.2) is 41.9 Å². The Bertz CT molecular complexity index is 993. The van der Waals surface area contributed by atoms with Crippen molar-refractivity contribution in [3.05, 3.63) is 82.4 Å². The van der Waals surface area contributed by atoms with Gasteiger partial charge in [-0.2, -0.15) is 0 Å². The molecule has 1 fully saturated rings. The molecular weight excluding hydrogens is 342 g/mol. The summed E-state index contributed by atoms with van der Waals surface area (Å²) in [6, 6.07) is 20.4. The smallest absolute Gasteiger partial charge is 0.269 e. The normalized spacial score (nSPS) is 14.4. The highest BCUT2D eigenvalue weighted by Gasteiger charge is 2.22. The quantitative estimate of drug-likeness (QED) is 0.527. The van der Waals surface area contributed by atoms with Crippen molar-refractivity contribution in [1.29, 1.82) is 0 Å². The second-order valence-electron chi connectivity index (χ2n) is 6.61. The summed E-state index contributed by atoms with van der Waals surface area (Å²) in [6.07, 6.45) is 0. The van der Waals surface area contributed by atoms with Crippen molar-refractivity contribution in [2.75, 3.05) is 31.1 Å². The van der Waals surface area contributed by atoms with Crippen LogP contribution in [0.15, 0.2) is 66.7 Å². The number of anilines is 1. The second-order valence-corrected chi connectivity index (χ2v) is 6.61. The maximum atomic E-state index is 12.8. The van der Waals surface area contributed by atoms with Crippen molar-refractivity contribution in [1.82, 2.24) is 4.90 Å². The molecule has 0 spiro atoms. The van der Waals surface area contributed by atoms with Gasteiger partial charge in [0.15, 0.2) is 0 Å². The topological polar surface area (TPSA) is 66.7 Å². The van der Waals surface area contributed by atoms with Crippen molar-refractivity contribution < 1.29 is 9.72 Å². The molecular formula is C21H19N3O3. The summed E-state index contributed by atoms with van der Waals surface area (Å²) >= 11 is 0. The number of amides is 1. The molecule has 0 unspecified atom stereocenters. The van der Waals surface area contributed by atoms with E-state index in [2.05, 4.69) is 4.90 Å². The van der Waals surface area contributed by atoms with E-state index in [4.69, 9.17) is 0 Å². The van der Waals surface area contributed by atoms with E-state index < -0.39 is 4.92 Å². The highest BCUT2D eigenvalue weighted by Crippen LogP contribution is 2.22. The summed E-state index contributed by atoms with van der Waals surface area (Å²) in [6.45, 7) is 2.67. The maximum absolute atomic E-state index is 12.8. The van der Waals surface area contributed by atoms with Crippen molar-refractivity contribution in [2.45, 2.75) is 0 Å². The predicted molar refractivity (Wildman–Crippen MR) is 105 cm³/mol. The van der Waals surface area contributed by atoms with Crippen LogP contribution in [0.5, 0.6) is 0 Å². The van der Waals surface area contributed by atoms with E-state index in [1.54, 1.807) is 12.1 Å². The molecule has 0 aromatic heterocycles. The van der Waals surface area contributed by atoms with Gasteiger partial charge in [0.25, 0.3) is 11.6 Å². The Balaban J connectivity index is 1.43. The monoisotopic (exact) mass is 361 g/mol. The minimum absolute atomic E-state index is 0.0455. The fourth-order valence-corrected chi connectivity index (χ4v) is 3.46. The van der Waals surface area contributed by atoms with Crippen LogP contribution in [-0.2, 0) is 0 Å². The van der Waals surface area contributed by atoms with Crippen LogP contribution >= 0.6 is 0 Å². The van der Waals surface area contributed by atoms with Crippen molar-refractivity contribution >= 4 is 28.1 Å². The van der Waals surface area contributed by atoms with Gasteiger partial charge in [-0.3, -0.25) is 14.9 Å². The maximum Gasteiger partial charge on any atom is 0.269 e. The number of carbonyl (C=O) groups is 1. The van der Waals surface area contributed by atoms with Crippen LogP contribution in [0.1, 0.15) is 10.4 Å². The van der Waals surface area contributed by atoms with E-state index in [0.717, 1.165) is 16.5 Å². The molecule has 6 nitrogen and oxygen atoms in total. The van der Waals surface area contributed by atoms with Gasteiger partial charge >= 0.3 is 0 Å². The zero-order chi connectivity index (χ0) is 18.8. The molecule has 0 bridgehead atoms. The lowest BCUT2D eigenvalue weighted by Gasteiger charge is -2.36. The van der Waals surface area contributed by atoms with Crippen molar-refractivity contribution in [2.24, 2.45) is 0 Å². The average Bonchev–Trinajstić information content (AvgIpc) is 2.73. The summed E-state index contributed by atoms with van der Waals surface area (Å²) in [4.78, 5) is 27.2. The van der Waals surface area contributed by atoms with Gasteiger partial charge in [-0.1, -0.05) is 30.3 Å². The fourth-order valence-electron chi connectivity index (χ4n) is 3.46. The molecule has 1 saturated heterocycles. The van der Waals surface area contributed by atoms with E-state index in [9.17, 15) is 14.9 Å². The largest absolute Gasteiger partial charge is 0.368 e. The van der Waals surface area contributed by atoms with Crippen LogP contribution < -0.4 is 4.90 Å². The van der Waals surface area contributed by atoms with Crippen LogP contribution in [0.25, 0.3) is 10.8 Å². The van der Waals surface area contributed by atoms with E-state index >= 15 is 0 Å². The molecule has 0 saturated carbocycles. The van der Waals surface area contributed by atoms with Gasteiger partial charge in [-0.25, -0.2) is 0 Å². The van der Waals surface area contributed by atoms with Gasteiger partial charge in [-0.05, 0) is 35.0 Å². The van der Waals surface area contributed by atoms with Gasteiger partial charge in [-0.15, -0.1) is 0 Å². The summed E-state index contributed by atoms with van der Waals surface area (Å²) in [5.74, 6) is 0.0455. The lowest BCUT2D eigenvalue weighted by Crippen LogP contribution is -2.48. The van der Waals surface area contributed by atoms with Gasteiger partial charge in [0, 0.05) is 49.6 Å². The molecule has 0 N–H and O–H groups in total. The third-order valence-corrected chi connectivity index (χ3v) is 4.99. The minimum atomic E-state index is -0.399. The second kappa shape index (κ2) is 7.07. The zero-order valence-electron chi connectivity index (χ0n) is 14.7. The highest BCUT2D eigenvalue weighted by molar-refractivity contribution is 5.98. The zero-order valence-corrected chi connectivity index (χ0v) is 14.7. The molecule has 6 heteroatoms. The summed E-state index contributed by atoms with van der Waals surface area (Å²) in [5, 5.41) is 13.0. The lowest BCUT2D eigenvalue weighted by molar-refractivity contribution is -0.384. The first kappa shape index (κ1) is 17.0. The van der Waals surface area contributed by atoms with Gasteiger partial charge in [0.05, 0.1) is 4.92 Å².